The number of hydrogen-bond donors (Lipinski definition) is 0. The summed E-state index contributed by atoms with van der Waals surface area (Å²) in [6, 6.07) is 0. The second-order valence-electron chi connectivity index (χ2n) is 6.40. The van der Waals surface area contributed by atoms with Crippen LogP contribution in [0, 0.1) is 11.8 Å². The maximum absolute atomic E-state index is 12.3. The van der Waals surface area contributed by atoms with Crippen LogP contribution in [0.25, 0.3) is 0 Å². The van der Waals surface area contributed by atoms with Gasteiger partial charge < -0.3 is 14.2 Å². The molecule has 0 aromatic carbocycles. The monoisotopic (exact) mass is 252 g/mol. The zero-order chi connectivity index (χ0) is 12.5. The van der Waals surface area contributed by atoms with Gasteiger partial charge in [-0.25, -0.2) is 0 Å². The van der Waals surface area contributed by atoms with Crippen molar-refractivity contribution in [3.05, 3.63) is 0 Å². The molecule has 3 saturated heterocycles. The smallest absolute Gasteiger partial charge is 0.167 e. The van der Waals surface area contributed by atoms with Crippen LogP contribution in [0.1, 0.15) is 39.5 Å². The number of ether oxygens (including phenoxy) is 3. The molecule has 4 fully saturated rings. The number of Topliss-reactive ketones (excluding diaryl/α,β-unsaturated/α-hetero) is 1. The number of hydrogen-bond acceptors (Lipinski definition) is 4. The van der Waals surface area contributed by atoms with E-state index < -0.39 is 5.60 Å². The van der Waals surface area contributed by atoms with E-state index in [9.17, 15) is 4.79 Å². The maximum atomic E-state index is 12.3. The summed E-state index contributed by atoms with van der Waals surface area (Å²) >= 11 is 0. The van der Waals surface area contributed by atoms with Gasteiger partial charge in [-0.3, -0.25) is 4.79 Å². The molecule has 2 bridgehead atoms. The Balaban J connectivity index is 1.70. The Morgan fingerprint density at radius 3 is 3.06 bits per heavy atom. The second-order valence-corrected chi connectivity index (χ2v) is 6.40. The first kappa shape index (κ1) is 11.4. The highest BCUT2D eigenvalue weighted by atomic mass is 16.7. The van der Waals surface area contributed by atoms with Crippen LogP contribution in [0.2, 0.25) is 0 Å². The van der Waals surface area contributed by atoms with E-state index in [2.05, 4.69) is 0 Å². The van der Waals surface area contributed by atoms with Gasteiger partial charge in [-0.15, -0.1) is 0 Å². The van der Waals surface area contributed by atoms with Crippen LogP contribution >= 0.6 is 0 Å². The van der Waals surface area contributed by atoms with E-state index in [4.69, 9.17) is 14.2 Å². The molecule has 1 spiro atoms. The Morgan fingerprint density at radius 1 is 1.44 bits per heavy atom. The SMILES string of the molecule is CC(C)O[C@H]1O[C@@H]2CC(=O)[C@]34CCC[C@H]3[C@H]1[C@H]2O4. The molecule has 0 aromatic rings. The first-order chi connectivity index (χ1) is 8.62. The molecule has 4 aliphatic rings. The van der Waals surface area contributed by atoms with Gasteiger partial charge in [0.1, 0.15) is 5.60 Å². The lowest BCUT2D eigenvalue weighted by Gasteiger charge is -2.36. The maximum Gasteiger partial charge on any atom is 0.167 e. The van der Waals surface area contributed by atoms with Crippen LogP contribution in [0.4, 0.5) is 0 Å². The van der Waals surface area contributed by atoms with Crippen molar-refractivity contribution >= 4 is 5.78 Å². The van der Waals surface area contributed by atoms with Gasteiger partial charge in [-0.05, 0) is 33.1 Å². The van der Waals surface area contributed by atoms with Crippen molar-refractivity contribution in [1.29, 1.82) is 0 Å². The van der Waals surface area contributed by atoms with Gasteiger partial charge in [0.15, 0.2) is 12.1 Å². The minimum atomic E-state index is -0.464. The fourth-order valence-corrected chi connectivity index (χ4v) is 4.53. The lowest BCUT2D eigenvalue weighted by Crippen LogP contribution is -2.49. The summed E-state index contributed by atoms with van der Waals surface area (Å²) < 4.78 is 18.0. The third-order valence-corrected chi connectivity index (χ3v) is 5.11. The molecule has 3 heterocycles. The summed E-state index contributed by atoms with van der Waals surface area (Å²) in [6.45, 7) is 4.06. The van der Waals surface area contributed by atoms with Crippen molar-refractivity contribution in [2.24, 2.45) is 11.8 Å². The predicted octanol–water partition coefficient (Wildman–Crippen LogP) is 1.66. The van der Waals surface area contributed by atoms with Crippen molar-refractivity contribution in [3.63, 3.8) is 0 Å². The van der Waals surface area contributed by atoms with E-state index in [0.717, 1.165) is 19.3 Å². The topological polar surface area (TPSA) is 44.8 Å². The van der Waals surface area contributed by atoms with Gasteiger partial charge in [-0.1, -0.05) is 0 Å². The molecule has 1 aliphatic carbocycles. The Labute approximate surface area is 107 Å². The van der Waals surface area contributed by atoms with Crippen molar-refractivity contribution in [3.8, 4) is 0 Å². The van der Waals surface area contributed by atoms with Gasteiger partial charge >= 0.3 is 0 Å². The summed E-state index contributed by atoms with van der Waals surface area (Å²) in [5.74, 6) is 0.870. The molecule has 4 rings (SSSR count). The molecule has 18 heavy (non-hydrogen) atoms. The quantitative estimate of drug-likeness (QED) is 0.750. The molecular formula is C14H20O4. The van der Waals surface area contributed by atoms with Crippen LogP contribution in [0.3, 0.4) is 0 Å². The fraction of sp³-hybridized carbons (Fsp3) is 0.929. The molecule has 0 N–H and O–H groups in total. The third kappa shape index (κ3) is 1.24. The Kier molecular flexibility index (Phi) is 2.25. The van der Waals surface area contributed by atoms with Gasteiger partial charge in [0.05, 0.1) is 18.3 Å². The first-order valence-corrected chi connectivity index (χ1v) is 7.14. The highest BCUT2D eigenvalue weighted by Crippen LogP contribution is 2.60. The van der Waals surface area contributed by atoms with Gasteiger partial charge in [0.2, 0.25) is 0 Å². The summed E-state index contributed by atoms with van der Waals surface area (Å²) in [6.07, 6.45) is 3.62. The number of rotatable bonds is 2. The standard InChI is InChI=1S/C14H20O4/c1-7(2)16-13-11-8-4-3-5-14(8)10(15)6-9(17-13)12(11)18-14/h7-9,11-13H,3-6H2,1-2H3/t8-,9+,11-,12-,13-,14-/m0/s1. The fourth-order valence-electron chi connectivity index (χ4n) is 4.53. The number of ketones is 1. The molecule has 0 amide bonds. The molecule has 0 unspecified atom stereocenters. The van der Waals surface area contributed by atoms with Crippen LogP contribution in [0.15, 0.2) is 0 Å². The van der Waals surface area contributed by atoms with Crippen molar-refractivity contribution < 1.29 is 19.0 Å². The number of carbonyl (C=O) groups is 1. The van der Waals surface area contributed by atoms with Crippen molar-refractivity contribution in [1.82, 2.24) is 0 Å². The zero-order valence-electron chi connectivity index (χ0n) is 10.9. The van der Waals surface area contributed by atoms with E-state index in [0.29, 0.717) is 12.3 Å². The van der Waals surface area contributed by atoms with E-state index in [1.165, 1.54) is 0 Å². The Morgan fingerprint density at radius 2 is 2.28 bits per heavy atom. The van der Waals surface area contributed by atoms with Crippen LogP contribution < -0.4 is 0 Å². The molecule has 100 valence electrons. The minimum Gasteiger partial charge on any atom is -0.360 e. The summed E-state index contributed by atoms with van der Waals surface area (Å²) in [4.78, 5) is 12.3. The van der Waals surface area contributed by atoms with Crippen LogP contribution in [-0.4, -0.2) is 36.0 Å². The molecule has 4 nitrogen and oxygen atoms in total. The van der Waals surface area contributed by atoms with Crippen molar-refractivity contribution in [2.75, 3.05) is 0 Å². The molecule has 4 heteroatoms. The van der Waals surface area contributed by atoms with Gasteiger partial charge in [-0.2, -0.15) is 0 Å². The molecule has 0 aromatic heterocycles. The largest absolute Gasteiger partial charge is 0.360 e. The highest BCUT2D eigenvalue weighted by Gasteiger charge is 2.70. The normalized spacial score (nSPS) is 53.3. The predicted molar refractivity (Wildman–Crippen MR) is 62.9 cm³/mol. The van der Waals surface area contributed by atoms with E-state index >= 15 is 0 Å². The molecule has 1 saturated carbocycles. The zero-order valence-corrected chi connectivity index (χ0v) is 10.9. The van der Waals surface area contributed by atoms with E-state index in [1.54, 1.807) is 0 Å². The molecule has 0 radical (unpaired) electrons. The lowest BCUT2D eigenvalue weighted by atomic mass is 9.81. The summed E-state index contributed by atoms with van der Waals surface area (Å²) in [5, 5.41) is 0. The molecule has 3 aliphatic heterocycles. The summed E-state index contributed by atoms with van der Waals surface area (Å²) in [5.41, 5.74) is -0.464. The number of carbonyl (C=O) groups excluding carboxylic acids is 1. The van der Waals surface area contributed by atoms with Gasteiger partial charge in [0, 0.05) is 18.3 Å². The lowest BCUT2D eigenvalue weighted by molar-refractivity contribution is -0.203. The van der Waals surface area contributed by atoms with E-state index in [1.807, 2.05) is 13.8 Å². The van der Waals surface area contributed by atoms with E-state index in [-0.39, 0.29) is 36.3 Å². The molecular weight excluding hydrogens is 232 g/mol. The molecule has 6 atom stereocenters. The second kappa shape index (κ2) is 3.56. The minimum absolute atomic E-state index is 0.0672. The Bertz CT molecular complexity index is 393. The summed E-state index contributed by atoms with van der Waals surface area (Å²) in [7, 11) is 0. The van der Waals surface area contributed by atoms with Gasteiger partial charge in [0.25, 0.3) is 0 Å². The number of fused-ring (bicyclic) bond motifs is 1. The third-order valence-electron chi connectivity index (χ3n) is 5.11. The Hall–Kier alpha value is -0.450. The first-order valence-electron chi connectivity index (χ1n) is 7.14. The van der Waals surface area contributed by atoms with Crippen LogP contribution in [0.5, 0.6) is 0 Å². The average Bonchev–Trinajstić information content (AvgIpc) is 2.86. The average molecular weight is 252 g/mol. The van der Waals surface area contributed by atoms with Crippen molar-refractivity contribution in [2.45, 2.75) is 69.7 Å². The van der Waals surface area contributed by atoms with Crippen LogP contribution in [-0.2, 0) is 19.0 Å². The highest BCUT2D eigenvalue weighted by molar-refractivity contribution is 5.90.